The Morgan fingerprint density at radius 1 is 0.949 bits per heavy atom. The van der Waals surface area contributed by atoms with Gasteiger partial charge in [-0.25, -0.2) is 4.98 Å². The summed E-state index contributed by atoms with van der Waals surface area (Å²) in [6.45, 7) is 5.27. The van der Waals surface area contributed by atoms with Crippen molar-refractivity contribution < 1.29 is 9.53 Å². The van der Waals surface area contributed by atoms with Crippen LogP contribution in [0.4, 0.5) is 0 Å². The Morgan fingerprint density at radius 2 is 1.79 bits per heavy atom. The average Bonchev–Trinajstić information content (AvgIpc) is 3.24. The number of fused-ring (bicyclic) bond motifs is 2. The summed E-state index contributed by atoms with van der Waals surface area (Å²) in [6, 6.07) is 19.0. The number of benzene rings is 3. The molecule has 4 aromatic rings. The van der Waals surface area contributed by atoms with E-state index in [4.69, 9.17) is 27.9 Å². The summed E-state index contributed by atoms with van der Waals surface area (Å²) in [7, 11) is 0. The Hall–Kier alpha value is -3.83. The van der Waals surface area contributed by atoms with Crippen LogP contribution >= 0.6 is 23.2 Å². The van der Waals surface area contributed by atoms with Crippen LogP contribution in [0.2, 0.25) is 10.0 Å². The second-order valence-corrected chi connectivity index (χ2v) is 10.7. The number of halogens is 2. The molecule has 1 unspecified atom stereocenters. The molecule has 9 heteroatoms. The van der Waals surface area contributed by atoms with Crippen molar-refractivity contribution in [2.24, 2.45) is 0 Å². The lowest BCUT2D eigenvalue weighted by Crippen LogP contribution is -2.49. The first-order valence-electron chi connectivity index (χ1n) is 12.7. The lowest BCUT2D eigenvalue weighted by Gasteiger charge is -2.35. The van der Waals surface area contributed by atoms with E-state index in [0.29, 0.717) is 59.8 Å². The molecule has 7 nitrogen and oxygen atoms in total. The van der Waals surface area contributed by atoms with Crippen molar-refractivity contribution in [1.29, 1.82) is 5.26 Å². The molecule has 39 heavy (non-hydrogen) atoms. The highest BCUT2D eigenvalue weighted by Gasteiger charge is 2.26. The SMILES string of the molecule is Cc1ncc2n1Cc1ccc(C#N)c(c1)Oc1ccc(-c3ccc(Cl)cc3Cl)c(c1)CN1CCN(CC1=O)C2. The van der Waals surface area contributed by atoms with Gasteiger partial charge in [0.15, 0.2) is 0 Å². The highest BCUT2D eigenvalue weighted by molar-refractivity contribution is 6.36. The van der Waals surface area contributed by atoms with Crippen LogP contribution in [0.1, 0.15) is 28.2 Å². The minimum atomic E-state index is 0.0626. The Labute approximate surface area is 236 Å². The molecule has 1 amide bonds. The fraction of sp³-hybridized carbons (Fsp3) is 0.233. The predicted molar refractivity (Wildman–Crippen MR) is 150 cm³/mol. The summed E-state index contributed by atoms with van der Waals surface area (Å²) in [5, 5.41) is 10.9. The number of aromatic nitrogens is 2. The van der Waals surface area contributed by atoms with E-state index in [1.54, 1.807) is 18.2 Å². The summed E-state index contributed by atoms with van der Waals surface area (Å²) in [5.41, 5.74) is 5.09. The van der Waals surface area contributed by atoms with E-state index < -0.39 is 0 Å². The number of carbonyl (C=O) groups is 1. The van der Waals surface area contributed by atoms with Gasteiger partial charge in [-0.1, -0.05) is 41.4 Å². The van der Waals surface area contributed by atoms with Crippen LogP contribution < -0.4 is 4.74 Å². The number of amides is 1. The van der Waals surface area contributed by atoms with Crippen molar-refractivity contribution in [2.45, 2.75) is 26.6 Å². The van der Waals surface area contributed by atoms with Gasteiger partial charge in [0.2, 0.25) is 5.91 Å². The summed E-state index contributed by atoms with van der Waals surface area (Å²) in [5.74, 6) is 2.01. The molecule has 0 radical (unpaired) electrons. The second-order valence-electron chi connectivity index (χ2n) is 9.90. The smallest absolute Gasteiger partial charge is 0.237 e. The van der Waals surface area contributed by atoms with Gasteiger partial charge < -0.3 is 14.2 Å². The minimum Gasteiger partial charge on any atom is -0.456 e. The maximum Gasteiger partial charge on any atom is 0.237 e. The zero-order valence-electron chi connectivity index (χ0n) is 21.3. The topological polar surface area (TPSA) is 74.4 Å². The molecule has 1 atom stereocenters. The molecule has 196 valence electrons. The molecular weight excluding hydrogens is 533 g/mol. The molecule has 3 aromatic carbocycles. The van der Waals surface area contributed by atoms with E-state index >= 15 is 0 Å². The first kappa shape index (κ1) is 25.4. The first-order valence-corrected chi connectivity index (χ1v) is 13.4. The lowest BCUT2D eigenvalue weighted by molar-refractivity contribution is -0.136. The number of imidazole rings is 1. The van der Waals surface area contributed by atoms with Gasteiger partial charge in [0, 0.05) is 54.5 Å². The van der Waals surface area contributed by atoms with Crippen molar-refractivity contribution in [3.8, 4) is 28.7 Å². The molecule has 6 bridgehead atoms. The number of piperazine rings is 1. The van der Waals surface area contributed by atoms with Crippen molar-refractivity contribution in [2.75, 3.05) is 19.6 Å². The Morgan fingerprint density at radius 3 is 2.59 bits per heavy atom. The molecular formula is C30H25Cl2N5O2. The fourth-order valence-electron chi connectivity index (χ4n) is 5.24. The van der Waals surface area contributed by atoms with Crippen LogP contribution in [-0.4, -0.2) is 44.9 Å². The van der Waals surface area contributed by atoms with Gasteiger partial charge in [0.25, 0.3) is 0 Å². The summed E-state index contributed by atoms with van der Waals surface area (Å²) < 4.78 is 8.46. The summed E-state index contributed by atoms with van der Waals surface area (Å²) in [6.07, 6.45) is 1.88. The number of ether oxygens (including phenoxy) is 1. The number of nitrogens with zero attached hydrogens (tertiary/aromatic N) is 5. The van der Waals surface area contributed by atoms with Crippen LogP contribution in [-0.2, 0) is 24.4 Å². The number of hydrogen-bond acceptors (Lipinski definition) is 5. The third kappa shape index (κ3) is 5.11. The molecule has 1 fully saturated rings. The van der Waals surface area contributed by atoms with Crippen molar-refractivity contribution in [3.05, 3.63) is 99.0 Å². The molecule has 1 aromatic heterocycles. The Bertz CT molecular complexity index is 1640. The first-order chi connectivity index (χ1) is 18.9. The third-order valence-electron chi connectivity index (χ3n) is 7.32. The van der Waals surface area contributed by atoms with Gasteiger partial charge in [-0.15, -0.1) is 0 Å². The molecule has 4 heterocycles. The second kappa shape index (κ2) is 10.4. The van der Waals surface area contributed by atoms with Gasteiger partial charge in [-0.2, -0.15) is 5.26 Å². The van der Waals surface area contributed by atoms with E-state index in [1.165, 1.54) is 0 Å². The number of hydrogen-bond donors (Lipinski definition) is 0. The van der Waals surface area contributed by atoms with E-state index in [0.717, 1.165) is 40.3 Å². The zero-order chi connectivity index (χ0) is 27.1. The van der Waals surface area contributed by atoms with Crippen LogP contribution in [0.25, 0.3) is 11.1 Å². The Balaban J connectivity index is 1.47. The molecule has 1 saturated heterocycles. The predicted octanol–water partition coefficient (Wildman–Crippen LogP) is 6.04. The zero-order valence-corrected chi connectivity index (χ0v) is 22.8. The summed E-state index contributed by atoms with van der Waals surface area (Å²) in [4.78, 5) is 21.9. The van der Waals surface area contributed by atoms with Crippen LogP contribution in [0.15, 0.2) is 60.8 Å². The van der Waals surface area contributed by atoms with Gasteiger partial charge in [0.1, 0.15) is 23.4 Å². The monoisotopic (exact) mass is 557 g/mol. The van der Waals surface area contributed by atoms with Crippen LogP contribution in [0.5, 0.6) is 11.5 Å². The molecule has 0 N–H and O–H groups in total. The lowest BCUT2D eigenvalue weighted by atomic mass is 9.98. The van der Waals surface area contributed by atoms with E-state index in [2.05, 4.69) is 20.5 Å². The van der Waals surface area contributed by atoms with Gasteiger partial charge in [-0.3, -0.25) is 9.69 Å². The third-order valence-corrected chi connectivity index (χ3v) is 7.86. The number of carbonyl (C=O) groups excluding carboxylic acids is 1. The van der Waals surface area contributed by atoms with Crippen molar-refractivity contribution >= 4 is 29.1 Å². The highest BCUT2D eigenvalue weighted by atomic mass is 35.5. The quantitative estimate of drug-likeness (QED) is 0.285. The molecule has 0 aliphatic carbocycles. The fourth-order valence-corrected chi connectivity index (χ4v) is 5.75. The van der Waals surface area contributed by atoms with Crippen LogP contribution in [0, 0.1) is 18.3 Å². The summed E-state index contributed by atoms with van der Waals surface area (Å²) >= 11 is 12.8. The average molecular weight is 558 g/mol. The van der Waals surface area contributed by atoms with Crippen LogP contribution in [0.3, 0.4) is 0 Å². The Kier molecular flexibility index (Phi) is 6.78. The van der Waals surface area contributed by atoms with Gasteiger partial charge in [-0.05, 0) is 60.0 Å². The van der Waals surface area contributed by atoms with Gasteiger partial charge in [0.05, 0.1) is 17.8 Å². The number of aryl methyl sites for hydroxylation is 1. The molecule has 7 rings (SSSR count). The van der Waals surface area contributed by atoms with Gasteiger partial charge >= 0.3 is 0 Å². The number of rotatable bonds is 1. The van der Waals surface area contributed by atoms with E-state index in [1.807, 2.05) is 54.4 Å². The largest absolute Gasteiger partial charge is 0.456 e. The molecule has 0 spiro atoms. The normalized spacial score (nSPS) is 16.9. The van der Waals surface area contributed by atoms with E-state index in [9.17, 15) is 10.1 Å². The maximum atomic E-state index is 13.3. The van der Waals surface area contributed by atoms with Crippen molar-refractivity contribution in [1.82, 2.24) is 19.4 Å². The van der Waals surface area contributed by atoms with Crippen molar-refractivity contribution in [3.63, 3.8) is 0 Å². The molecule has 3 aliphatic rings. The van der Waals surface area contributed by atoms with E-state index in [-0.39, 0.29) is 5.91 Å². The molecule has 0 saturated carbocycles. The standard InChI is InChI=1S/C30H25Cl2N5O2/c1-19-34-14-24-17-35-8-9-36(30(38)18-35)16-22-11-25(5-7-26(22)27-6-4-23(31)12-28(27)32)39-29-10-20(15-37(19)24)2-3-21(29)13-33/h2-7,10-12,14H,8-9,15-18H2,1H3. The number of nitriles is 1. The maximum absolute atomic E-state index is 13.3. The highest BCUT2D eigenvalue weighted by Crippen LogP contribution is 2.37. The molecule has 3 aliphatic heterocycles. The minimum absolute atomic E-state index is 0.0626.